The van der Waals surface area contributed by atoms with Gasteiger partial charge in [-0.15, -0.1) is 0 Å². The lowest BCUT2D eigenvalue weighted by Gasteiger charge is -2.09. The van der Waals surface area contributed by atoms with Gasteiger partial charge in [0.15, 0.2) is 5.82 Å². The van der Waals surface area contributed by atoms with Crippen LogP contribution in [0.2, 0.25) is 0 Å². The molecule has 0 aliphatic carbocycles. The molecule has 0 bridgehead atoms. The fourth-order valence-corrected chi connectivity index (χ4v) is 3.07. The molecule has 1 aromatic heterocycles. The Bertz CT molecular complexity index is 1080. The Morgan fingerprint density at radius 3 is 1.44 bits per heavy atom. The molecule has 4 aromatic rings. The van der Waals surface area contributed by atoms with Crippen molar-refractivity contribution in [2.24, 2.45) is 0 Å². The SMILES string of the molecule is C(=Cc1ccccc1)CNc1nc(NCC=Cc2ccccc2)nc(-c2ccccc2)n1. The molecule has 0 fully saturated rings. The molecule has 5 nitrogen and oxygen atoms in total. The second-order valence-electron chi connectivity index (χ2n) is 7.06. The van der Waals surface area contributed by atoms with Gasteiger partial charge in [-0.1, -0.05) is 115 Å². The summed E-state index contributed by atoms with van der Waals surface area (Å²) in [5.74, 6) is 1.70. The van der Waals surface area contributed by atoms with Gasteiger partial charge in [-0.25, -0.2) is 0 Å². The molecule has 3 aromatic carbocycles. The maximum atomic E-state index is 4.60. The first-order chi connectivity index (χ1) is 15.9. The summed E-state index contributed by atoms with van der Waals surface area (Å²) < 4.78 is 0. The normalized spacial score (nSPS) is 11.1. The number of hydrogen-bond donors (Lipinski definition) is 2. The Balaban J connectivity index is 1.45. The van der Waals surface area contributed by atoms with E-state index >= 15 is 0 Å². The van der Waals surface area contributed by atoms with Gasteiger partial charge in [-0.2, -0.15) is 15.0 Å². The first kappa shape index (κ1) is 21.0. The minimum Gasteiger partial charge on any atom is -0.351 e. The minimum atomic E-state index is 0.533. The predicted molar refractivity (Wildman–Crippen MR) is 133 cm³/mol. The van der Waals surface area contributed by atoms with Gasteiger partial charge >= 0.3 is 0 Å². The summed E-state index contributed by atoms with van der Waals surface area (Å²) in [4.78, 5) is 13.7. The summed E-state index contributed by atoms with van der Waals surface area (Å²) in [5, 5.41) is 6.55. The summed E-state index contributed by atoms with van der Waals surface area (Å²) in [6.45, 7) is 1.22. The second-order valence-corrected chi connectivity index (χ2v) is 7.06. The molecule has 0 aliphatic heterocycles. The van der Waals surface area contributed by atoms with E-state index in [4.69, 9.17) is 0 Å². The molecular formula is C27H25N5. The van der Waals surface area contributed by atoms with Crippen molar-refractivity contribution in [1.29, 1.82) is 0 Å². The van der Waals surface area contributed by atoms with E-state index in [9.17, 15) is 0 Å². The van der Waals surface area contributed by atoms with E-state index in [0.717, 1.165) is 16.7 Å². The third-order valence-electron chi connectivity index (χ3n) is 4.64. The average Bonchev–Trinajstić information content (AvgIpc) is 2.86. The van der Waals surface area contributed by atoms with Crippen LogP contribution in [0.5, 0.6) is 0 Å². The number of rotatable bonds is 9. The van der Waals surface area contributed by atoms with E-state index in [1.54, 1.807) is 0 Å². The van der Waals surface area contributed by atoms with Crippen LogP contribution in [0.3, 0.4) is 0 Å². The number of anilines is 2. The molecule has 32 heavy (non-hydrogen) atoms. The van der Waals surface area contributed by atoms with Crippen molar-refractivity contribution in [3.05, 3.63) is 114 Å². The molecule has 0 saturated heterocycles. The second kappa shape index (κ2) is 11.2. The summed E-state index contributed by atoms with van der Waals surface area (Å²) >= 11 is 0. The molecule has 0 radical (unpaired) electrons. The van der Waals surface area contributed by atoms with E-state index in [-0.39, 0.29) is 0 Å². The standard InChI is InChI=1S/C27H25N5/c1-4-12-22(13-5-1)16-10-20-28-26-30-25(24-18-8-3-9-19-24)31-27(32-26)29-21-11-17-23-14-6-2-7-15-23/h1-19H,20-21H2,(H2,28,29,30,31,32). The molecular weight excluding hydrogens is 394 g/mol. The largest absolute Gasteiger partial charge is 0.351 e. The first-order valence-electron chi connectivity index (χ1n) is 10.6. The molecule has 4 rings (SSSR count). The fourth-order valence-electron chi connectivity index (χ4n) is 3.07. The number of aromatic nitrogens is 3. The zero-order chi connectivity index (χ0) is 21.8. The van der Waals surface area contributed by atoms with Crippen LogP contribution in [-0.4, -0.2) is 28.0 Å². The van der Waals surface area contributed by atoms with E-state index in [1.807, 2.05) is 66.7 Å². The molecule has 0 saturated carbocycles. The Hall–Kier alpha value is -4.25. The Labute approximate surface area is 188 Å². The average molecular weight is 420 g/mol. The molecule has 0 spiro atoms. The van der Waals surface area contributed by atoms with Crippen molar-refractivity contribution < 1.29 is 0 Å². The van der Waals surface area contributed by atoms with Crippen LogP contribution in [0, 0.1) is 0 Å². The summed E-state index contributed by atoms with van der Waals surface area (Å²) in [6.07, 6.45) is 8.24. The van der Waals surface area contributed by atoms with Crippen molar-refractivity contribution in [2.45, 2.75) is 0 Å². The molecule has 5 heteroatoms. The monoisotopic (exact) mass is 419 g/mol. The molecule has 1 heterocycles. The number of benzene rings is 3. The van der Waals surface area contributed by atoms with Crippen LogP contribution in [0.4, 0.5) is 11.9 Å². The summed E-state index contributed by atoms with van der Waals surface area (Å²) in [6, 6.07) is 30.3. The minimum absolute atomic E-state index is 0.533. The Morgan fingerprint density at radius 1 is 0.531 bits per heavy atom. The van der Waals surface area contributed by atoms with Crippen molar-refractivity contribution >= 4 is 24.0 Å². The number of hydrogen-bond acceptors (Lipinski definition) is 5. The highest BCUT2D eigenvalue weighted by atomic mass is 15.2. The van der Waals surface area contributed by atoms with Crippen molar-refractivity contribution in [3.63, 3.8) is 0 Å². The molecule has 0 unspecified atom stereocenters. The Kier molecular flexibility index (Phi) is 7.37. The van der Waals surface area contributed by atoms with E-state index < -0.39 is 0 Å². The fraction of sp³-hybridized carbons (Fsp3) is 0.0741. The van der Waals surface area contributed by atoms with Gasteiger partial charge in [0.25, 0.3) is 0 Å². The van der Waals surface area contributed by atoms with Crippen LogP contribution < -0.4 is 10.6 Å². The highest BCUT2D eigenvalue weighted by Crippen LogP contribution is 2.17. The van der Waals surface area contributed by atoms with Gasteiger partial charge in [-0.05, 0) is 11.1 Å². The highest BCUT2D eigenvalue weighted by Gasteiger charge is 2.07. The lowest BCUT2D eigenvalue weighted by atomic mass is 10.2. The topological polar surface area (TPSA) is 62.7 Å². The Morgan fingerprint density at radius 2 is 0.969 bits per heavy atom. The van der Waals surface area contributed by atoms with E-state index in [2.05, 4.69) is 74.2 Å². The molecule has 0 aliphatic rings. The molecule has 0 amide bonds. The van der Waals surface area contributed by atoms with Gasteiger partial charge in [0.1, 0.15) is 0 Å². The smallest absolute Gasteiger partial charge is 0.228 e. The third-order valence-corrected chi connectivity index (χ3v) is 4.64. The van der Waals surface area contributed by atoms with Crippen LogP contribution in [0.25, 0.3) is 23.5 Å². The van der Waals surface area contributed by atoms with Crippen LogP contribution in [0.1, 0.15) is 11.1 Å². The van der Waals surface area contributed by atoms with Crippen molar-refractivity contribution in [3.8, 4) is 11.4 Å². The summed E-state index contributed by atoms with van der Waals surface area (Å²) in [5.41, 5.74) is 3.26. The lowest BCUT2D eigenvalue weighted by Crippen LogP contribution is -2.10. The highest BCUT2D eigenvalue weighted by molar-refractivity contribution is 5.58. The molecule has 158 valence electrons. The quantitative estimate of drug-likeness (QED) is 0.360. The zero-order valence-corrected chi connectivity index (χ0v) is 17.7. The maximum Gasteiger partial charge on any atom is 0.228 e. The number of nitrogens with zero attached hydrogens (tertiary/aromatic N) is 3. The van der Waals surface area contributed by atoms with Gasteiger partial charge < -0.3 is 10.6 Å². The van der Waals surface area contributed by atoms with Gasteiger partial charge in [-0.3, -0.25) is 0 Å². The number of nitrogens with one attached hydrogen (secondary N) is 2. The predicted octanol–water partition coefficient (Wildman–Crippen LogP) is 5.79. The lowest BCUT2D eigenvalue weighted by molar-refractivity contribution is 1.03. The van der Waals surface area contributed by atoms with Crippen molar-refractivity contribution in [2.75, 3.05) is 23.7 Å². The van der Waals surface area contributed by atoms with E-state index in [0.29, 0.717) is 30.8 Å². The van der Waals surface area contributed by atoms with E-state index in [1.165, 1.54) is 0 Å². The molecule has 0 atom stereocenters. The van der Waals surface area contributed by atoms with Crippen LogP contribution in [0.15, 0.2) is 103 Å². The molecule has 2 N–H and O–H groups in total. The van der Waals surface area contributed by atoms with Gasteiger partial charge in [0.05, 0.1) is 0 Å². The first-order valence-corrected chi connectivity index (χ1v) is 10.6. The van der Waals surface area contributed by atoms with Gasteiger partial charge in [0, 0.05) is 18.7 Å². The third kappa shape index (κ3) is 6.37. The summed E-state index contributed by atoms with van der Waals surface area (Å²) in [7, 11) is 0. The van der Waals surface area contributed by atoms with Crippen molar-refractivity contribution in [1.82, 2.24) is 15.0 Å². The maximum absolute atomic E-state index is 4.60. The van der Waals surface area contributed by atoms with Crippen LogP contribution >= 0.6 is 0 Å². The van der Waals surface area contributed by atoms with Gasteiger partial charge in [0.2, 0.25) is 11.9 Å². The van der Waals surface area contributed by atoms with Crippen LogP contribution in [-0.2, 0) is 0 Å². The zero-order valence-electron chi connectivity index (χ0n) is 17.7.